The maximum absolute atomic E-state index is 10.9. The molecule has 8 heteroatoms. The summed E-state index contributed by atoms with van der Waals surface area (Å²) in [4.78, 5) is 21.1. The van der Waals surface area contributed by atoms with E-state index in [1.165, 1.54) is 30.0 Å². The van der Waals surface area contributed by atoms with Gasteiger partial charge in [0.25, 0.3) is 11.4 Å². The summed E-state index contributed by atoms with van der Waals surface area (Å²) in [5.74, 6) is 0.438. The second-order valence-corrected chi connectivity index (χ2v) is 5.18. The van der Waals surface area contributed by atoms with Crippen LogP contribution in [0.15, 0.2) is 47.4 Å². The Bertz CT molecular complexity index is 706. The van der Waals surface area contributed by atoms with E-state index in [0.29, 0.717) is 10.6 Å². The van der Waals surface area contributed by atoms with Gasteiger partial charge in [0, 0.05) is 17.9 Å². The van der Waals surface area contributed by atoms with Crippen molar-refractivity contribution in [3.8, 4) is 0 Å². The van der Waals surface area contributed by atoms with Gasteiger partial charge >= 0.3 is 0 Å². The summed E-state index contributed by atoms with van der Waals surface area (Å²) in [6.07, 6.45) is 0. The number of thioether (sulfide) groups is 1. The summed E-state index contributed by atoms with van der Waals surface area (Å²) in [5, 5.41) is 21.6. The molecule has 0 fully saturated rings. The van der Waals surface area contributed by atoms with Crippen LogP contribution < -0.4 is 5.73 Å². The molecule has 0 atom stereocenters. The fourth-order valence-electron chi connectivity index (χ4n) is 1.75. The molecule has 2 aromatic rings. The van der Waals surface area contributed by atoms with Crippen molar-refractivity contribution in [2.75, 3.05) is 5.73 Å². The Labute approximate surface area is 124 Å². The van der Waals surface area contributed by atoms with Crippen LogP contribution in [0.3, 0.4) is 0 Å². The normalized spacial score (nSPS) is 10.3. The zero-order valence-electron chi connectivity index (χ0n) is 10.8. The van der Waals surface area contributed by atoms with Crippen LogP contribution in [0.25, 0.3) is 0 Å². The number of para-hydroxylation sites is 1. The maximum atomic E-state index is 10.9. The van der Waals surface area contributed by atoms with Crippen LogP contribution in [0.5, 0.6) is 0 Å². The minimum absolute atomic E-state index is 0.0392. The largest absolute Gasteiger partial charge is 0.393 e. The molecule has 2 aromatic carbocycles. The number of hydrogen-bond acceptors (Lipinski definition) is 6. The molecule has 2 N–H and O–H groups in total. The van der Waals surface area contributed by atoms with Crippen molar-refractivity contribution in [3.05, 3.63) is 68.3 Å². The Morgan fingerprint density at radius 3 is 2.29 bits per heavy atom. The Kier molecular flexibility index (Phi) is 4.39. The highest BCUT2D eigenvalue weighted by Gasteiger charge is 2.14. The molecule has 0 aliphatic rings. The highest BCUT2D eigenvalue weighted by Crippen LogP contribution is 2.32. The lowest BCUT2D eigenvalue weighted by Gasteiger charge is -2.04. The maximum Gasteiger partial charge on any atom is 0.292 e. The number of nitrogen functional groups attached to an aromatic ring is 1. The van der Waals surface area contributed by atoms with Crippen molar-refractivity contribution in [1.82, 2.24) is 0 Å². The van der Waals surface area contributed by atoms with Crippen molar-refractivity contribution in [1.29, 1.82) is 0 Å². The van der Waals surface area contributed by atoms with Gasteiger partial charge in [-0.05, 0) is 17.7 Å². The molecule has 0 aliphatic carbocycles. The number of nitrogens with zero attached hydrogens (tertiary/aromatic N) is 2. The van der Waals surface area contributed by atoms with Gasteiger partial charge < -0.3 is 5.73 Å². The number of benzene rings is 2. The van der Waals surface area contributed by atoms with E-state index in [9.17, 15) is 20.2 Å². The van der Waals surface area contributed by atoms with Crippen molar-refractivity contribution in [2.24, 2.45) is 0 Å². The number of rotatable bonds is 5. The molecule has 0 bridgehead atoms. The lowest BCUT2D eigenvalue weighted by atomic mass is 10.2. The zero-order valence-corrected chi connectivity index (χ0v) is 11.6. The van der Waals surface area contributed by atoms with Crippen LogP contribution in [0.1, 0.15) is 5.56 Å². The van der Waals surface area contributed by atoms with Gasteiger partial charge in [-0.2, -0.15) is 0 Å². The molecule has 0 saturated carbocycles. The lowest BCUT2D eigenvalue weighted by Crippen LogP contribution is -1.96. The van der Waals surface area contributed by atoms with Gasteiger partial charge in [0.15, 0.2) is 0 Å². The summed E-state index contributed by atoms with van der Waals surface area (Å²) in [6, 6.07) is 10.9. The SMILES string of the molecule is Nc1cc(CSc2ccccc2[N+](=O)[O-])ccc1[N+](=O)[O-]. The van der Waals surface area contributed by atoms with Crippen molar-refractivity contribution < 1.29 is 9.85 Å². The minimum atomic E-state index is -0.547. The van der Waals surface area contributed by atoms with E-state index in [0.717, 1.165) is 5.56 Å². The molecule has 0 heterocycles. The predicted molar refractivity (Wildman–Crippen MR) is 80.2 cm³/mol. The third-order valence-corrected chi connectivity index (χ3v) is 3.88. The molecular weight excluding hydrogens is 294 g/mol. The standard InChI is InChI=1S/C13H11N3O4S/c14-10-7-9(5-6-11(10)15(17)18)8-21-13-4-2-1-3-12(13)16(19)20/h1-7H,8,14H2. The summed E-state index contributed by atoms with van der Waals surface area (Å²) in [7, 11) is 0. The van der Waals surface area contributed by atoms with Gasteiger partial charge in [-0.25, -0.2) is 0 Å². The average molecular weight is 305 g/mol. The summed E-state index contributed by atoms with van der Waals surface area (Å²) < 4.78 is 0. The smallest absolute Gasteiger partial charge is 0.292 e. The topological polar surface area (TPSA) is 112 Å². The monoisotopic (exact) mass is 305 g/mol. The molecule has 7 nitrogen and oxygen atoms in total. The number of nitro benzene ring substituents is 2. The molecular formula is C13H11N3O4S. The molecule has 0 unspecified atom stereocenters. The first kappa shape index (κ1) is 14.8. The average Bonchev–Trinajstić information content (AvgIpc) is 2.45. The van der Waals surface area contributed by atoms with Gasteiger partial charge in [0.1, 0.15) is 5.69 Å². The molecule has 0 saturated heterocycles. The first-order valence-corrected chi connectivity index (χ1v) is 6.86. The van der Waals surface area contributed by atoms with E-state index < -0.39 is 9.85 Å². The van der Waals surface area contributed by atoms with E-state index in [1.807, 2.05) is 0 Å². The summed E-state index contributed by atoms with van der Waals surface area (Å²) in [5.41, 5.74) is 6.35. The van der Waals surface area contributed by atoms with Gasteiger partial charge in [0.05, 0.1) is 14.7 Å². The Hall–Kier alpha value is -2.61. The van der Waals surface area contributed by atoms with E-state index >= 15 is 0 Å². The number of anilines is 1. The van der Waals surface area contributed by atoms with Crippen LogP contribution in [0.2, 0.25) is 0 Å². The van der Waals surface area contributed by atoms with Crippen LogP contribution in [-0.4, -0.2) is 9.85 Å². The predicted octanol–water partition coefficient (Wildman–Crippen LogP) is 3.38. The third kappa shape index (κ3) is 3.48. The van der Waals surface area contributed by atoms with Crippen LogP contribution >= 0.6 is 11.8 Å². The fourth-order valence-corrected chi connectivity index (χ4v) is 2.72. The van der Waals surface area contributed by atoms with Gasteiger partial charge in [-0.15, -0.1) is 11.8 Å². The molecule has 0 spiro atoms. The van der Waals surface area contributed by atoms with Crippen molar-refractivity contribution in [2.45, 2.75) is 10.6 Å². The fraction of sp³-hybridized carbons (Fsp3) is 0.0769. The number of hydrogen-bond donors (Lipinski definition) is 1. The molecule has 0 aromatic heterocycles. The Morgan fingerprint density at radius 2 is 1.67 bits per heavy atom. The molecule has 0 radical (unpaired) electrons. The summed E-state index contributed by atoms with van der Waals surface area (Å²) in [6.45, 7) is 0. The van der Waals surface area contributed by atoms with Gasteiger partial charge in [-0.1, -0.05) is 18.2 Å². The molecule has 2 rings (SSSR count). The quantitative estimate of drug-likeness (QED) is 0.392. The summed E-state index contributed by atoms with van der Waals surface area (Å²) >= 11 is 1.28. The Balaban J connectivity index is 2.16. The second-order valence-electron chi connectivity index (χ2n) is 4.16. The zero-order chi connectivity index (χ0) is 15.4. The van der Waals surface area contributed by atoms with Crippen LogP contribution in [0.4, 0.5) is 17.1 Å². The molecule has 0 aliphatic heterocycles. The second kappa shape index (κ2) is 6.23. The van der Waals surface area contributed by atoms with E-state index in [1.54, 1.807) is 24.3 Å². The van der Waals surface area contributed by atoms with Crippen LogP contribution in [0, 0.1) is 20.2 Å². The molecule has 21 heavy (non-hydrogen) atoms. The highest BCUT2D eigenvalue weighted by atomic mass is 32.2. The third-order valence-electron chi connectivity index (χ3n) is 2.74. The van der Waals surface area contributed by atoms with Crippen molar-refractivity contribution in [3.63, 3.8) is 0 Å². The highest BCUT2D eigenvalue weighted by molar-refractivity contribution is 7.98. The number of nitrogens with two attached hydrogens (primary N) is 1. The van der Waals surface area contributed by atoms with E-state index in [-0.39, 0.29) is 17.1 Å². The van der Waals surface area contributed by atoms with Gasteiger partial charge in [0.2, 0.25) is 0 Å². The first-order chi connectivity index (χ1) is 9.99. The van der Waals surface area contributed by atoms with Gasteiger partial charge in [-0.3, -0.25) is 20.2 Å². The first-order valence-electron chi connectivity index (χ1n) is 5.88. The minimum Gasteiger partial charge on any atom is -0.393 e. The van der Waals surface area contributed by atoms with E-state index in [2.05, 4.69) is 0 Å². The number of nitro groups is 2. The molecule has 108 valence electrons. The molecule has 0 amide bonds. The lowest BCUT2D eigenvalue weighted by molar-refractivity contribution is -0.387. The van der Waals surface area contributed by atoms with Crippen LogP contribution in [-0.2, 0) is 5.75 Å². The Morgan fingerprint density at radius 1 is 1.00 bits per heavy atom. The van der Waals surface area contributed by atoms with Crippen molar-refractivity contribution >= 4 is 28.8 Å². The van der Waals surface area contributed by atoms with E-state index in [4.69, 9.17) is 5.73 Å².